The number of carboxylic acids is 1. The number of nitrogens with one attached hydrogen (secondary N) is 1. The van der Waals surface area contributed by atoms with E-state index in [0.717, 1.165) is 23.8 Å². The first-order chi connectivity index (χ1) is 17.1. The Balaban J connectivity index is 1.74. The molecule has 0 aliphatic rings. The number of carbonyl (C=O) groups is 2. The van der Waals surface area contributed by atoms with E-state index >= 15 is 0 Å². The highest BCUT2D eigenvalue weighted by Crippen LogP contribution is 2.31. The summed E-state index contributed by atoms with van der Waals surface area (Å²) >= 11 is 0. The summed E-state index contributed by atoms with van der Waals surface area (Å²) < 4.78 is 49.7. The van der Waals surface area contributed by atoms with Crippen LogP contribution in [-0.2, 0) is 17.6 Å². The molecule has 0 aliphatic heterocycles. The van der Waals surface area contributed by atoms with Gasteiger partial charge < -0.3 is 19.9 Å². The Morgan fingerprint density at radius 3 is 2.39 bits per heavy atom. The van der Waals surface area contributed by atoms with Crippen molar-refractivity contribution in [3.63, 3.8) is 0 Å². The van der Waals surface area contributed by atoms with Gasteiger partial charge in [-0.15, -0.1) is 0 Å². The Labute approximate surface area is 204 Å². The van der Waals surface area contributed by atoms with E-state index in [2.05, 4.69) is 5.32 Å². The Morgan fingerprint density at radius 2 is 1.78 bits per heavy atom. The molecule has 3 rings (SSSR count). The number of hydrogen-bond acceptors (Lipinski definition) is 5. The van der Waals surface area contributed by atoms with E-state index in [1.165, 1.54) is 37.5 Å². The van der Waals surface area contributed by atoms with Crippen molar-refractivity contribution in [1.82, 2.24) is 0 Å². The molecule has 0 unspecified atom stereocenters. The van der Waals surface area contributed by atoms with Gasteiger partial charge in [0.1, 0.15) is 18.2 Å². The standard InChI is InChI=1S/C26H19F3N2O5/c1-35-23-12-17(7-10-22(23)36-15-16-5-8-18(9-6-16)25(33)34)11-19(14-30)24(32)31-21-4-2-3-20(13-21)26(27,28)29/h2-13H,15H2,1H3,(H,31,32)(H,33,34)/b19-11-. The lowest BCUT2D eigenvalue weighted by molar-refractivity contribution is -0.137. The fourth-order valence-corrected chi connectivity index (χ4v) is 3.08. The van der Waals surface area contributed by atoms with Crippen molar-refractivity contribution in [3.05, 3.63) is 94.6 Å². The number of halogens is 3. The van der Waals surface area contributed by atoms with E-state index in [1.54, 1.807) is 30.3 Å². The average Bonchev–Trinajstić information content (AvgIpc) is 2.86. The number of methoxy groups -OCH3 is 1. The Hall–Kier alpha value is -4.78. The zero-order valence-electron chi connectivity index (χ0n) is 18.8. The van der Waals surface area contributed by atoms with E-state index in [1.807, 2.05) is 0 Å². The van der Waals surface area contributed by atoms with E-state index in [0.29, 0.717) is 17.1 Å². The SMILES string of the molecule is COc1cc(/C=C(/C#N)C(=O)Nc2cccc(C(F)(F)F)c2)ccc1OCc1ccc(C(=O)O)cc1. The molecule has 7 nitrogen and oxygen atoms in total. The highest BCUT2D eigenvalue weighted by Gasteiger charge is 2.30. The summed E-state index contributed by atoms with van der Waals surface area (Å²) in [6.07, 6.45) is -3.31. The summed E-state index contributed by atoms with van der Waals surface area (Å²) in [5.41, 5.74) is -0.0704. The highest BCUT2D eigenvalue weighted by molar-refractivity contribution is 6.09. The number of nitriles is 1. The first kappa shape index (κ1) is 25.8. The minimum absolute atomic E-state index is 0.103. The number of hydrogen-bond donors (Lipinski definition) is 2. The largest absolute Gasteiger partial charge is 0.493 e. The second-order valence-electron chi connectivity index (χ2n) is 7.40. The predicted molar refractivity (Wildman–Crippen MR) is 124 cm³/mol. The second kappa shape index (κ2) is 11.1. The van der Waals surface area contributed by atoms with Crippen LogP contribution in [0.5, 0.6) is 11.5 Å². The molecule has 0 saturated heterocycles. The number of nitrogens with zero attached hydrogens (tertiary/aromatic N) is 1. The smallest absolute Gasteiger partial charge is 0.416 e. The zero-order valence-corrected chi connectivity index (χ0v) is 18.8. The van der Waals surface area contributed by atoms with Crippen LogP contribution in [0.1, 0.15) is 27.0 Å². The number of aromatic carboxylic acids is 1. The lowest BCUT2D eigenvalue weighted by Gasteiger charge is -2.12. The summed E-state index contributed by atoms with van der Waals surface area (Å²) in [5, 5.41) is 20.7. The number of amides is 1. The molecule has 36 heavy (non-hydrogen) atoms. The van der Waals surface area contributed by atoms with Crippen LogP contribution in [-0.4, -0.2) is 24.1 Å². The number of rotatable bonds is 8. The van der Waals surface area contributed by atoms with E-state index in [9.17, 15) is 28.0 Å². The maximum absolute atomic E-state index is 12.9. The summed E-state index contributed by atoms with van der Waals surface area (Å²) in [5.74, 6) is -1.24. The minimum atomic E-state index is -4.57. The Bertz CT molecular complexity index is 1340. The van der Waals surface area contributed by atoms with Gasteiger partial charge in [0.05, 0.1) is 18.2 Å². The summed E-state index contributed by atoms with van der Waals surface area (Å²) in [6.45, 7) is 0.133. The van der Waals surface area contributed by atoms with Crippen LogP contribution in [0, 0.1) is 11.3 Å². The predicted octanol–water partition coefficient (Wildman–Crippen LogP) is 5.54. The van der Waals surface area contributed by atoms with E-state index < -0.39 is 23.6 Å². The molecule has 2 N–H and O–H groups in total. The van der Waals surface area contributed by atoms with E-state index in [4.69, 9.17) is 14.6 Å². The maximum atomic E-state index is 12.9. The molecule has 184 valence electrons. The quantitative estimate of drug-likeness (QED) is 0.313. The van der Waals surface area contributed by atoms with Gasteiger partial charge in [0.2, 0.25) is 0 Å². The molecule has 0 bridgehead atoms. The first-order valence-electron chi connectivity index (χ1n) is 10.3. The zero-order chi connectivity index (χ0) is 26.3. The van der Waals surface area contributed by atoms with Gasteiger partial charge in [-0.2, -0.15) is 18.4 Å². The molecular formula is C26H19F3N2O5. The highest BCUT2D eigenvalue weighted by atomic mass is 19.4. The van der Waals surface area contributed by atoms with Crippen molar-refractivity contribution in [2.45, 2.75) is 12.8 Å². The molecule has 0 radical (unpaired) electrons. The van der Waals surface area contributed by atoms with Crippen molar-refractivity contribution in [2.75, 3.05) is 12.4 Å². The van der Waals surface area contributed by atoms with Gasteiger partial charge in [0.15, 0.2) is 11.5 Å². The van der Waals surface area contributed by atoms with Gasteiger partial charge in [-0.05, 0) is 59.7 Å². The third-order valence-electron chi connectivity index (χ3n) is 4.91. The molecule has 0 fully saturated rings. The molecule has 3 aromatic rings. The van der Waals surface area contributed by atoms with Crippen molar-refractivity contribution in [1.29, 1.82) is 5.26 Å². The van der Waals surface area contributed by atoms with Gasteiger partial charge >= 0.3 is 12.1 Å². The van der Waals surface area contributed by atoms with Crippen LogP contribution in [0.15, 0.2) is 72.3 Å². The van der Waals surface area contributed by atoms with Crippen LogP contribution in [0.3, 0.4) is 0 Å². The molecule has 0 atom stereocenters. The topological polar surface area (TPSA) is 109 Å². The van der Waals surface area contributed by atoms with Crippen LogP contribution < -0.4 is 14.8 Å². The molecule has 0 saturated carbocycles. The van der Waals surface area contributed by atoms with Crippen LogP contribution in [0.25, 0.3) is 6.08 Å². The number of alkyl halides is 3. The molecule has 0 heterocycles. The second-order valence-corrected chi connectivity index (χ2v) is 7.40. The van der Waals surface area contributed by atoms with Crippen LogP contribution in [0.2, 0.25) is 0 Å². The molecular weight excluding hydrogens is 477 g/mol. The monoisotopic (exact) mass is 496 g/mol. The summed E-state index contributed by atoms with van der Waals surface area (Å²) in [6, 6.07) is 16.6. The van der Waals surface area contributed by atoms with Crippen LogP contribution in [0.4, 0.5) is 18.9 Å². The van der Waals surface area contributed by atoms with Crippen molar-refractivity contribution in [2.24, 2.45) is 0 Å². The molecule has 10 heteroatoms. The van der Waals surface area contributed by atoms with Gasteiger partial charge in [-0.3, -0.25) is 4.79 Å². The Kier molecular flexibility index (Phi) is 7.96. The number of anilines is 1. The normalized spacial score (nSPS) is 11.4. The molecule has 3 aromatic carbocycles. The Morgan fingerprint density at radius 1 is 1.06 bits per heavy atom. The molecule has 0 aromatic heterocycles. The summed E-state index contributed by atoms with van der Waals surface area (Å²) in [7, 11) is 1.41. The van der Waals surface area contributed by atoms with Crippen LogP contribution >= 0.6 is 0 Å². The fraction of sp³-hybridized carbons (Fsp3) is 0.115. The van der Waals surface area contributed by atoms with Gasteiger partial charge in [-0.25, -0.2) is 4.79 Å². The van der Waals surface area contributed by atoms with Gasteiger partial charge in [0.25, 0.3) is 5.91 Å². The summed E-state index contributed by atoms with van der Waals surface area (Å²) in [4.78, 5) is 23.4. The minimum Gasteiger partial charge on any atom is -0.493 e. The third kappa shape index (κ3) is 6.64. The van der Waals surface area contributed by atoms with Crippen molar-refractivity contribution in [3.8, 4) is 17.6 Å². The lowest BCUT2D eigenvalue weighted by atomic mass is 10.1. The number of ether oxygens (including phenoxy) is 2. The average molecular weight is 496 g/mol. The lowest BCUT2D eigenvalue weighted by Crippen LogP contribution is -2.14. The number of benzene rings is 3. The first-order valence-corrected chi connectivity index (χ1v) is 10.3. The fourth-order valence-electron chi connectivity index (χ4n) is 3.08. The molecule has 1 amide bonds. The number of carbonyl (C=O) groups excluding carboxylic acids is 1. The van der Waals surface area contributed by atoms with E-state index in [-0.39, 0.29) is 23.4 Å². The van der Waals surface area contributed by atoms with Gasteiger partial charge in [-0.1, -0.05) is 24.3 Å². The molecule has 0 aliphatic carbocycles. The molecule has 0 spiro atoms. The third-order valence-corrected chi connectivity index (χ3v) is 4.91. The van der Waals surface area contributed by atoms with Crippen molar-refractivity contribution >= 4 is 23.6 Å². The van der Waals surface area contributed by atoms with Crippen molar-refractivity contribution < 1.29 is 37.3 Å². The van der Waals surface area contributed by atoms with Gasteiger partial charge in [0, 0.05) is 5.69 Å². The number of carboxylic acid groups (broad SMARTS) is 1. The maximum Gasteiger partial charge on any atom is 0.416 e.